The largest absolute Gasteiger partial charge is 0.379 e. The summed E-state index contributed by atoms with van der Waals surface area (Å²) in [5.74, 6) is -2.43. The molecule has 1 aliphatic heterocycles. The molecule has 78 valence electrons. The average Bonchev–Trinajstić information content (AvgIpc) is 1.93. The quantitative estimate of drug-likeness (QED) is 0.617. The van der Waals surface area contributed by atoms with E-state index in [9.17, 15) is 8.78 Å². The minimum absolute atomic E-state index is 0.0747. The zero-order chi connectivity index (χ0) is 9.90. The van der Waals surface area contributed by atoms with Gasteiger partial charge >= 0.3 is 0 Å². The number of nitrogens with zero attached hydrogens (tertiary/aromatic N) is 1. The Morgan fingerprint density at radius 2 is 2.00 bits per heavy atom. The molecule has 2 nitrogen and oxygen atoms in total. The number of halogens is 2. The molecule has 0 unspecified atom stereocenters. The van der Waals surface area contributed by atoms with E-state index in [0.717, 1.165) is 13.0 Å². The van der Waals surface area contributed by atoms with E-state index in [1.165, 1.54) is 0 Å². The Hall–Kier alpha value is -0.220. The molecule has 4 heteroatoms. The summed E-state index contributed by atoms with van der Waals surface area (Å²) >= 11 is 0. The van der Waals surface area contributed by atoms with Gasteiger partial charge in [0.05, 0.1) is 19.2 Å². The van der Waals surface area contributed by atoms with Gasteiger partial charge in [-0.15, -0.1) is 0 Å². The van der Waals surface area contributed by atoms with Crippen LogP contribution in [-0.4, -0.2) is 43.2 Å². The van der Waals surface area contributed by atoms with Gasteiger partial charge in [-0.3, -0.25) is 4.90 Å². The van der Waals surface area contributed by atoms with Crippen LogP contribution in [0.15, 0.2) is 0 Å². The summed E-state index contributed by atoms with van der Waals surface area (Å²) in [4.78, 5) is 1.75. The maximum absolute atomic E-state index is 12.4. The number of rotatable bonds is 5. The van der Waals surface area contributed by atoms with E-state index in [2.05, 4.69) is 0 Å². The molecule has 1 fully saturated rings. The number of hydrogen-bond acceptors (Lipinski definition) is 2. The van der Waals surface area contributed by atoms with E-state index in [4.69, 9.17) is 4.74 Å². The summed E-state index contributed by atoms with van der Waals surface area (Å²) in [5.41, 5.74) is 0. The first-order chi connectivity index (χ1) is 5.99. The van der Waals surface area contributed by atoms with Gasteiger partial charge in [0.15, 0.2) is 0 Å². The molecule has 0 aliphatic carbocycles. The second-order valence-electron chi connectivity index (χ2n) is 3.84. The van der Waals surface area contributed by atoms with Gasteiger partial charge in [0.1, 0.15) is 0 Å². The van der Waals surface area contributed by atoms with Gasteiger partial charge in [-0.2, -0.15) is 0 Å². The highest BCUT2D eigenvalue weighted by atomic mass is 19.3. The lowest BCUT2D eigenvalue weighted by Gasteiger charge is -2.38. The number of alkyl halides is 2. The van der Waals surface area contributed by atoms with Crippen molar-refractivity contribution in [3.05, 3.63) is 0 Å². The Morgan fingerprint density at radius 1 is 1.38 bits per heavy atom. The normalized spacial score (nSPS) is 21.9. The molecule has 0 aromatic carbocycles. The van der Waals surface area contributed by atoms with E-state index >= 15 is 0 Å². The molecule has 0 saturated carbocycles. The fourth-order valence-electron chi connectivity index (χ4n) is 1.37. The second-order valence-corrected chi connectivity index (χ2v) is 3.84. The summed E-state index contributed by atoms with van der Waals surface area (Å²) in [6, 6.07) is 0. The van der Waals surface area contributed by atoms with Crippen molar-refractivity contribution in [3.63, 3.8) is 0 Å². The van der Waals surface area contributed by atoms with Crippen LogP contribution < -0.4 is 0 Å². The molecular formula is C9H17F2NO. The summed E-state index contributed by atoms with van der Waals surface area (Å²) in [5, 5.41) is 0. The first-order valence-electron chi connectivity index (χ1n) is 4.71. The van der Waals surface area contributed by atoms with Crippen LogP contribution in [0.5, 0.6) is 0 Å². The van der Waals surface area contributed by atoms with E-state index in [1.807, 2.05) is 13.8 Å². The van der Waals surface area contributed by atoms with Crippen LogP contribution in [0.3, 0.4) is 0 Å². The van der Waals surface area contributed by atoms with Crippen molar-refractivity contribution in [1.82, 2.24) is 4.90 Å². The lowest BCUT2D eigenvalue weighted by Crippen LogP contribution is -2.56. The van der Waals surface area contributed by atoms with Gasteiger partial charge in [-0.25, -0.2) is 8.78 Å². The molecule has 0 atom stereocenters. The molecular weight excluding hydrogens is 176 g/mol. The lowest BCUT2D eigenvalue weighted by molar-refractivity contribution is -0.131. The van der Waals surface area contributed by atoms with Gasteiger partial charge in [0, 0.05) is 13.2 Å². The SMILES string of the molecule is CC(C)OCCCN1CC(F)(F)C1. The maximum Gasteiger partial charge on any atom is 0.272 e. The molecule has 1 aliphatic rings. The molecule has 1 heterocycles. The van der Waals surface area contributed by atoms with Crippen molar-refractivity contribution < 1.29 is 13.5 Å². The molecule has 0 radical (unpaired) electrons. The molecule has 0 bridgehead atoms. The standard InChI is InChI=1S/C9H17F2NO/c1-8(2)13-5-3-4-12-6-9(10,11)7-12/h8H,3-7H2,1-2H3. The smallest absolute Gasteiger partial charge is 0.272 e. The Labute approximate surface area is 77.9 Å². The van der Waals surface area contributed by atoms with Crippen molar-refractivity contribution >= 4 is 0 Å². The van der Waals surface area contributed by atoms with E-state index in [-0.39, 0.29) is 19.2 Å². The lowest BCUT2D eigenvalue weighted by atomic mass is 10.1. The van der Waals surface area contributed by atoms with Crippen molar-refractivity contribution in [3.8, 4) is 0 Å². The van der Waals surface area contributed by atoms with Gasteiger partial charge in [-0.05, 0) is 20.3 Å². The molecule has 13 heavy (non-hydrogen) atoms. The Bertz CT molecular complexity index is 154. The summed E-state index contributed by atoms with van der Waals surface area (Å²) < 4.78 is 30.0. The zero-order valence-corrected chi connectivity index (χ0v) is 8.22. The van der Waals surface area contributed by atoms with Gasteiger partial charge in [0.2, 0.25) is 0 Å². The second kappa shape index (κ2) is 4.33. The summed E-state index contributed by atoms with van der Waals surface area (Å²) in [6.45, 7) is 5.18. The van der Waals surface area contributed by atoms with Crippen molar-refractivity contribution in [2.75, 3.05) is 26.2 Å². The van der Waals surface area contributed by atoms with E-state index in [1.54, 1.807) is 4.90 Å². The highest BCUT2D eigenvalue weighted by Crippen LogP contribution is 2.26. The Kier molecular flexibility index (Phi) is 3.62. The predicted molar refractivity (Wildman–Crippen MR) is 47.1 cm³/mol. The molecule has 0 aromatic rings. The van der Waals surface area contributed by atoms with Crippen molar-refractivity contribution in [1.29, 1.82) is 0 Å². The fraction of sp³-hybridized carbons (Fsp3) is 1.00. The van der Waals surface area contributed by atoms with Crippen molar-refractivity contribution in [2.45, 2.75) is 32.3 Å². The maximum atomic E-state index is 12.4. The number of ether oxygens (including phenoxy) is 1. The first-order valence-corrected chi connectivity index (χ1v) is 4.71. The molecule has 1 rings (SSSR count). The van der Waals surface area contributed by atoms with E-state index < -0.39 is 5.92 Å². The number of hydrogen-bond donors (Lipinski definition) is 0. The first kappa shape index (κ1) is 10.9. The topological polar surface area (TPSA) is 12.5 Å². The van der Waals surface area contributed by atoms with Crippen LogP contribution in [0.2, 0.25) is 0 Å². The average molecular weight is 193 g/mol. The van der Waals surface area contributed by atoms with Crippen LogP contribution in [0.25, 0.3) is 0 Å². The molecule has 0 spiro atoms. The van der Waals surface area contributed by atoms with Gasteiger partial charge in [-0.1, -0.05) is 0 Å². The Balaban J connectivity index is 1.91. The number of likely N-dealkylation sites (tertiary alicyclic amines) is 1. The van der Waals surface area contributed by atoms with Crippen LogP contribution in [0, 0.1) is 0 Å². The molecule has 1 saturated heterocycles. The van der Waals surface area contributed by atoms with Crippen molar-refractivity contribution in [2.24, 2.45) is 0 Å². The molecule has 0 N–H and O–H groups in total. The predicted octanol–water partition coefficient (Wildman–Crippen LogP) is 1.75. The Morgan fingerprint density at radius 3 is 2.46 bits per heavy atom. The minimum Gasteiger partial charge on any atom is -0.379 e. The minimum atomic E-state index is -2.43. The van der Waals surface area contributed by atoms with Crippen LogP contribution in [-0.2, 0) is 4.74 Å². The highest BCUT2D eigenvalue weighted by molar-refractivity contribution is 4.86. The molecule has 0 amide bonds. The molecule has 0 aromatic heterocycles. The summed E-state index contributed by atoms with van der Waals surface area (Å²) in [6.07, 6.45) is 1.08. The highest BCUT2D eigenvalue weighted by Gasteiger charge is 2.42. The van der Waals surface area contributed by atoms with Crippen LogP contribution in [0.1, 0.15) is 20.3 Å². The summed E-state index contributed by atoms with van der Waals surface area (Å²) in [7, 11) is 0. The third-order valence-corrected chi connectivity index (χ3v) is 1.98. The van der Waals surface area contributed by atoms with Crippen LogP contribution >= 0.6 is 0 Å². The van der Waals surface area contributed by atoms with Crippen LogP contribution in [0.4, 0.5) is 8.78 Å². The monoisotopic (exact) mass is 193 g/mol. The third-order valence-electron chi connectivity index (χ3n) is 1.98. The fourth-order valence-corrected chi connectivity index (χ4v) is 1.37. The van der Waals surface area contributed by atoms with E-state index in [0.29, 0.717) is 6.61 Å². The zero-order valence-electron chi connectivity index (χ0n) is 8.22. The third kappa shape index (κ3) is 4.00. The van der Waals surface area contributed by atoms with Gasteiger partial charge in [0.25, 0.3) is 5.92 Å². The van der Waals surface area contributed by atoms with Gasteiger partial charge < -0.3 is 4.74 Å².